The van der Waals surface area contributed by atoms with Crippen molar-refractivity contribution in [2.75, 3.05) is 18.0 Å². The van der Waals surface area contributed by atoms with E-state index < -0.39 is 0 Å². The quantitative estimate of drug-likeness (QED) is 0.813. The average molecular weight is 234 g/mol. The Morgan fingerprint density at radius 2 is 2.35 bits per heavy atom. The summed E-state index contributed by atoms with van der Waals surface area (Å²) >= 11 is 0. The van der Waals surface area contributed by atoms with Crippen molar-refractivity contribution in [1.29, 1.82) is 0 Å². The number of hydrogen-bond acceptors (Lipinski definition) is 3. The normalized spacial score (nSPS) is 19.6. The van der Waals surface area contributed by atoms with Crippen molar-refractivity contribution in [3.8, 4) is 0 Å². The van der Waals surface area contributed by atoms with Gasteiger partial charge in [0.05, 0.1) is 12.5 Å². The van der Waals surface area contributed by atoms with E-state index in [4.69, 9.17) is 10.8 Å². The Balaban J connectivity index is 2.16. The molecule has 4 nitrogen and oxygen atoms in total. The SMILES string of the molecule is Cc1cc(CO)ccc1N1CCC(C(N)=O)C1. The van der Waals surface area contributed by atoms with Gasteiger partial charge < -0.3 is 15.7 Å². The molecule has 0 aliphatic carbocycles. The maximum atomic E-state index is 11.1. The third kappa shape index (κ3) is 2.42. The van der Waals surface area contributed by atoms with Crippen molar-refractivity contribution in [3.63, 3.8) is 0 Å². The third-order valence-corrected chi connectivity index (χ3v) is 3.38. The van der Waals surface area contributed by atoms with Gasteiger partial charge in [0.2, 0.25) is 5.91 Å². The zero-order chi connectivity index (χ0) is 12.4. The van der Waals surface area contributed by atoms with E-state index in [0.29, 0.717) is 6.54 Å². The minimum absolute atomic E-state index is 0.0353. The largest absolute Gasteiger partial charge is 0.392 e. The van der Waals surface area contributed by atoms with Gasteiger partial charge >= 0.3 is 0 Å². The summed E-state index contributed by atoms with van der Waals surface area (Å²) in [5.74, 6) is -0.246. The zero-order valence-electron chi connectivity index (χ0n) is 10.0. The second-order valence-corrected chi connectivity index (χ2v) is 4.61. The van der Waals surface area contributed by atoms with Crippen LogP contribution in [0.3, 0.4) is 0 Å². The number of carbonyl (C=O) groups is 1. The standard InChI is InChI=1S/C13H18N2O2/c1-9-6-10(8-16)2-3-12(9)15-5-4-11(7-15)13(14)17/h2-3,6,11,16H,4-5,7-8H2,1H3,(H2,14,17). The van der Waals surface area contributed by atoms with Gasteiger partial charge in [0, 0.05) is 18.8 Å². The number of rotatable bonds is 3. The van der Waals surface area contributed by atoms with Gasteiger partial charge in [-0.2, -0.15) is 0 Å². The molecule has 1 atom stereocenters. The molecule has 1 fully saturated rings. The second-order valence-electron chi connectivity index (χ2n) is 4.61. The molecule has 92 valence electrons. The molecular weight excluding hydrogens is 216 g/mol. The second kappa shape index (κ2) is 4.75. The number of primary amides is 1. The summed E-state index contributed by atoms with van der Waals surface area (Å²) in [5, 5.41) is 9.06. The Kier molecular flexibility index (Phi) is 3.33. The van der Waals surface area contributed by atoms with E-state index in [2.05, 4.69) is 4.90 Å². The number of aliphatic hydroxyl groups excluding tert-OH is 1. The maximum absolute atomic E-state index is 11.1. The van der Waals surface area contributed by atoms with Crippen LogP contribution in [-0.2, 0) is 11.4 Å². The van der Waals surface area contributed by atoms with Crippen LogP contribution < -0.4 is 10.6 Å². The Bertz CT molecular complexity index is 431. The molecule has 3 N–H and O–H groups in total. The van der Waals surface area contributed by atoms with Crippen LogP contribution in [0.4, 0.5) is 5.69 Å². The van der Waals surface area contributed by atoms with Crippen molar-refractivity contribution in [2.45, 2.75) is 20.0 Å². The number of aliphatic hydroxyl groups is 1. The Morgan fingerprint density at radius 1 is 1.59 bits per heavy atom. The predicted octanol–water partition coefficient (Wildman–Crippen LogP) is 0.799. The van der Waals surface area contributed by atoms with Gasteiger partial charge in [0.1, 0.15) is 0 Å². The highest BCUT2D eigenvalue weighted by Gasteiger charge is 2.27. The molecule has 1 heterocycles. The smallest absolute Gasteiger partial charge is 0.222 e. The molecule has 1 aliphatic rings. The molecule has 1 aromatic rings. The van der Waals surface area contributed by atoms with Gasteiger partial charge in [0.15, 0.2) is 0 Å². The molecule has 1 aromatic carbocycles. The predicted molar refractivity (Wildman–Crippen MR) is 66.6 cm³/mol. The fourth-order valence-electron chi connectivity index (χ4n) is 2.38. The van der Waals surface area contributed by atoms with Crippen molar-refractivity contribution < 1.29 is 9.90 Å². The van der Waals surface area contributed by atoms with Crippen LogP contribution in [0.5, 0.6) is 0 Å². The molecule has 0 saturated carbocycles. The van der Waals surface area contributed by atoms with E-state index >= 15 is 0 Å². The molecule has 4 heteroatoms. The lowest BCUT2D eigenvalue weighted by atomic mass is 10.1. The van der Waals surface area contributed by atoms with Gasteiger partial charge in [-0.25, -0.2) is 0 Å². The number of carbonyl (C=O) groups excluding carboxylic acids is 1. The first-order valence-electron chi connectivity index (χ1n) is 5.86. The molecule has 2 rings (SSSR count). The van der Waals surface area contributed by atoms with E-state index in [1.54, 1.807) is 0 Å². The number of aryl methyl sites for hydroxylation is 1. The molecule has 0 aromatic heterocycles. The maximum Gasteiger partial charge on any atom is 0.222 e. The summed E-state index contributed by atoms with van der Waals surface area (Å²) in [6.07, 6.45) is 0.830. The van der Waals surface area contributed by atoms with Crippen LogP contribution in [0.15, 0.2) is 18.2 Å². The van der Waals surface area contributed by atoms with Gasteiger partial charge in [-0.15, -0.1) is 0 Å². The summed E-state index contributed by atoms with van der Waals surface area (Å²) < 4.78 is 0. The number of hydrogen-bond donors (Lipinski definition) is 2. The summed E-state index contributed by atoms with van der Waals surface area (Å²) in [7, 11) is 0. The highest BCUT2D eigenvalue weighted by atomic mass is 16.3. The lowest BCUT2D eigenvalue weighted by Crippen LogP contribution is -2.27. The lowest BCUT2D eigenvalue weighted by molar-refractivity contribution is -0.121. The minimum Gasteiger partial charge on any atom is -0.392 e. The molecule has 1 unspecified atom stereocenters. The first-order valence-corrected chi connectivity index (χ1v) is 5.86. The highest BCUT2D eigenvalue weighted by molar-refractivity contribution is 5.78. The number of amides is 1. The Morgan fingerprint density at radius 3 is 2.88 bits per heavy atom. The van der Waals surface area contributed by atoms with Crippen molar-refractivity contribution in [3.05, 3.63) is 29.3 Å². The molecular formula is C13H18N2O2. The van der Waals surface area contributed by atoms with E-state index in [0.717, 1.165) is 29.8 Å². The molecule has 0 radical (unpaired) electrons. The molecule has 0 spiro atoms. The summed E-state index contributed by atoms with van der Waals surface area (Å²) in [6, 6.07) is 5.90. The van der Waals surface area contributed by atoms with Crippen LogP contribution in [0.2, 0.25) is 0 Å². The number of nitrogens with two attached hydrogens (primary N) is 1. The van der Waals surface area contributed by atoms with Crippen molar-refractivity contribution >= 4 is 11.6 Å². The average Bonchev–Trinajstić information content (AvgIpc) is 2.78. The van der Waals surface area contributed by atoms with Crippen LogP contribution in [0.25, 0.3) is 0 Å². The van der Waals surface area contributed by atoms with Gasteiger partial charge in [0.25, 0.3) is 0 Å². The van der Waals surface area contributed by atoms with Gasteiger partial charge in [-0.3, -0.25) is 4.79 Å². The number of nitrogens with zero attached hydrogens (tertiary/aromatic N) is 1. The highest BCUT2D eigenvalue weighted by Crippen LogP contribution is 2.27. The van der Waals surface area contributed by atoms with Crippen molar-refractivity contribution in [2.24, 2.45) is 11.7 Å². The van der Waals surface area contributed by atoms with Crippen LogP contribution in [0.1, 0.15) is 17.5 Å². The first kappa shape index (κ1) is 11.9. The summed E-state index contributed by atoms with van der Waals surface area (Å²) in [4.78, 5) is 13.3. The minimum atomic E-state index is -0.211. The van der Waals surface area contributed by atoms with E-state index in [-0.39, 0.29) is 18.4 Å². The third-order valence-electron chi connectivity index (χ3n) is 3.38. The van der Waals surface area contributed by atoms with E-state index in [1.807, 2.05) is 25.1 Å². The molecule has 17 heavy (non-hydrogen) atoms. The number of anilines is 1. The fourth-order valence-corrected chi connectivity index (χ4v) is 2.38. The fraction of sp³-hybridized carbons (Fsp3) is 0.462. The molecule has 0 bridgehead atoms. The van der Waals surface area contributed by atoms with Gasteiger partial charge in [-0.1, -0.05) is 12.1 Å². The monoisotopic (exact) mass is 234 g/mol. The summed E-state index contributed by atoms with van der Waals surface area (Å²) in [5.41, 5.74) is 8.49. The molecule has 1 amide bonds. The molecule has 1 aliphatic heterocycles. The van der Waals surface area contributed by atoms with E-state index in [1.165, 1.54) is 0 Å². The molecule has 1 saturated heterocycles. The first-order chi connectivity index (χ1) is 8.11. The Labute approximate surface area is 101 Å². The van der Waals surface area contributed by atoms with Gasteiger partial charge in [-0.05, 0) is 30.5 Å². The number of benzene rings is 1. The summed E-state index contributed by atoms with van der Waals surface area (Å²) in [6.45, 7) is 3.65. The zero-order valence-corrected chi connectivity index (χ0v) is 10.0. The lowest BCUT2D eigenvalue weighted by Gasteiger charge is -2.21. The van der Waals surface area contributed by atoms with Crippen LogP contribution in [-0.4, -0.2) is 24.1 Å². The Hall–Kier alpha value is -1.55. The van der Waals surface area contributed by atoms with Crippen LogP contribution >= 0.6 is 0 Å². The topological polar surface area (TPSA) is 66.6 Å². The van der Waals surface area contributed by atoms with Crippen molar-refractivity contribution in [1.82, 2.24) is 0 Å². The van der Waals surface area contributed by atoms with Crippen LogP contribution in [0, 0.1) is 12.8 Å². The van der Waals surface area contributed by atoms with E-state index in [9.17, 15) is 4.79 Å².